The standard InChI is InChI=1S/C30H37N7O3/c1-19-9-7-8-16-36(19)29-34-33-27-15-12-20(18-37(27)29)39-24-14-13-23(21-10-5-6-11-22(21)24)31-28(38)32-26-17-25(40-35-26)30(2,3)4/h5-6,10-12,15,17-19,23-24H,7-9,13-14,16H2,1-4H3,(H2,31,32,35,38)/t19-,23-,24+/m0/s1. The van der Waals surface area contributed by atoms with Gasteiger partial charge < -0.3 is 19.5 Å². The molecule has 0 saturated carbocycles. The van der Waals surface area contributed by atoms with Crippen molar-refractivity contribution in [1.82, 2.24) is 25.1 Å². The number of carbonyl (C=O) groups excluding carboxylic acids is 1. The molecule has 0 bridgehead atoms. The van der Waals surface area contributed by atoms with Crippen LogP contribution in [0.15, 0.2) is 53.2 Å². The van der Waals surface area contributed by atoms with Gasteiger partial charge in [-0.15, -0.1) is 10.2 Å². The number of fused-ring (bicyclic) bond motifs is 2. The van der Waals surface area contributed by atoms with Crippen LogP contribution >= 0.6 is 0 Å². The van der Waals surface area contributed by atoms with Gasteiger partial charge in [-0.25, -0.2) is 4.79 Å². The van der Waals surface area contributed by atoms with Crippen molar-refractivity contribution >= 4 is 23.4 Å². The molecule has 6 rings (SSSR count). The molecule has 2 amide bonds. The summed E-state index contributed by atoms with van der Waals surface area (Å²) in [5.74, 6) is 2.75. The van der Waals surface area contributed by atoms with Crippen LogP contribution in [-0.4, -0.2) is 38.4 Å². The first-order valence-corrected chi connectivity index (χ1v) is 14.2. The van der Waals surface area contributed by atoms with Gasteiger partial charge in [0.1, 0.15) is 17.6 Å². The van der Waals surface area contributed by atoms with Crippen LogP contribution in [0.2, 0.25) is 0 Å². The number of rotatable bonds is 5. The van der Waals surface area contributed by atoms with Crippen molar-refractivity contribution in [2.24, 2.45) is 0 Å². The summed E-state index contributed by atoms with van der Waals surface area (Å²) in [6.07, 6.45) is 6.94. The van der Waals surface area contributed by atoms with Crippen LogP contribution < -0.4 is 20.3 Å². The summed E-state index contributed by atoms with van der Waals surface area (Å²) in [7, 11) is 0. The number of pyridine rings is 1. The minimum atomic E-state index is -0.314. The number of aromatic nitrogens is 4. The van der Waals surface area contributed by atoms with Gasteiger partial charge in [-0.1, -0.05) is 50.2 Å². The van der Waals surface area contributed by atoms with Crippen LogP contribution in [0.3, 0.4) is 0 Å². The van der Waals surface area contributed by atoms with E-state index in [1.165, 1.54) is 6.42 Å². The second-order valence-electron chi connectivity index (χ2n) is 11.9. The molecule has 3 aromatic heterocycles. The van der Waals surface area contributed by atoms with E-state index in [0.717, 1.165) is 60.7 Å². The summed E-state index contributed by atoms with van der Waals surface area (Å²) in [6, 6.07) is 13.8. The van der Waals surface area contributed by atoms with E-state index in [1.807, 2.05) is 55.6 Å². The normalized spacial score (nSPS) is 21.2. The molecule has 4 aromatic rings. The maximum absolute atomic E-state index is 12.9. The van der Waals surface area contributed by atoms with Crippen molar-refractivity contribution in [3.05, 3.63) is 65.5 Å². The molecule has 1 aromatic carbocycles. The topological polar surface area (TPSA) is 110 Å². The van der Waals surface area contributed by atoms with E-state index in [-0.39, 0.29) is 23.6 Å². The van der Waals surface area contributed by atoms with E-state index in [4.69, 9.17) is 9.26 Å². The van der Waals surface area contributed by atoms with Crippen molar-refractivity contribution in [1.29, 1.82) is 0 Å². The van der Waals surface area contributed by atoms with Crippen molar-refractivity contribution < 1.29 is 14.1 Å². The molecular formula is C30H37N7O3. The minimum Gasteiger partial charge on any atom is -0.484 e. The molecule has 1 saturated heterocycles. The molecule has 4 heterocycles. The average Bonchev–Trinajstić information content (AvgIpc) is 3.58. The third-order valence-corrected chi connectivity index (χ3v) is 7.93. The Morgan fingerprint density at radius 2 is 1.88 bits per heavy atom. The highest BCUT2D eigenvalue weighted by Crippen LogP contribution is 2.39. The SMILES string of the molecule is C[C@H]1CCCCN1c1nnc2ccc(O[C@@H]3CC[C@H](NC(=O)Nc4cc(C(C)(C)C)on4)c4ccccc43)cn12. The summed E-state index contributed by atoms with van der Waals surface area (Å²) in [4.78, 5) is 15.2. The second kappa shape index (κ2) is 10.5. The molecule has 210 valence electrons. The highest BCUT2D eigenvalue weighted by Gasteiger charge is 2.30. The molecule has 3 atom stereocenters. The number of urea groups is 1. The van der Waals surface area contributed by atoms with Crippen LogP contribution in [0, 0.1) is 0 Å². The summed E-state index contributed by atoms with van der Waals surface area (Å²) in [5.41, 5.74) is 2.75. The number of carbonyl (C=O) groups is 1. The molecule has 10 nitrogen and oxygen atoms in total. The monoisotopic (exact) mass is 543 g/mol. The van der Waals surface area contributed by atoms with Gasteiger partial charge in [-0.3, -0.25) is 9.72 Å². The van der Waals surface area contributed by atoms with Crippen LogP contribution in [0.25, 0.3) is 5.65 Å². The predicted octanol–water partition coefficient (Wildman–Crippen LogP) is 6.17. The lowest BCUT2D eigenvalue weighted by Crippen LogP contribution is -2.38. The Kier molecular flexibility index (Phi) is 6.85. The fraction of sp³-hybridized carbons (Fsp3) is 0.467. The van der Waals surface area contributed by atoms with E-state index < -0.39 is 0 Å². The van der Waals surface area contributed by atoms with Gasteiger partial charge in [0.05, 0.1) is 12.2 Å². The van der Waals surface area contributed by atoms with E-state index >= 15 is 0 Å². The largest absolute Gasteiger partial charge is 0.484 e. The zero-order valence-corrected chi connectivity index (χ0v) is 23.6. The molecule has 0 spiro atoms. The molecule has 1 fully saturated rings. The first kappa shape index (κ1) is 26.2. The Labute approximate surface area is 234 Å². The van der Waals surface area contributed by atoms with Crippen LogP contribution in [-0.2, 0) is 5.41 Å². The number of amides is 2. The summed E-state index contributed by atoms with van der Waals surface area (Å²) in [6.45, 7) is 9.34. The lowest BCUT2D eigenvalue weighted by Gasteiger charge is -2.33. The van der Waals surface area contributed by atoms with Gasteiger partial charge in [0.25, 0.3) is 0 Å². The van der Waals surface area contributed by atoms with Gasteiger partial charge in [-0.2, -0.15) is 0 Å². The van der Waals surface area contributed by atoms with Crippen molar-refractivity contribution in [2.75, 3.05) is 16.8 Å². The van der Waals surface area contributed by atoms with E-state index in [1.54, 1.807) is 6.07 Å². The molecule has 2 aliphatic rings. The highest BCUT2D eigenvalue weighted by molar-refractivity contribution is 5.88. The molecule has 10 heteroatoms. The number of piperidine rings is 1. The van der Waals surface area contributed by atoms with Crippen molar-refractivity contribution in [3.8, 4) is 5.75 Å². The highest BCUT2D eigenvalue weighted by atomic mass is 16.5. The third-order valence-electron chi connectivity index (χ3n) is 7.93. The Balaban J connectivity index is 1.17. The van der Waals surface area contributed by atoms with Crippen molar-refractivity contribution in [3.63, 3.8) is 0 Å². The second-order valence-corrected chi connectivity index (χ2v) is 11.9. The lowest BCUT2D eigenvalue weighted by atomic mass is 9.85. The fourth-order valence-corrected chi connectivity index (χ4v) is 5.71. The first-order valence-electron chi connectivity index (χ1n) is 14.2. The van der Waals surface area contributed by atoms with E-state index in [2.05, 4.69) is 49.9 Å². The molecule has 0 unspecified atom stereocenters. The van der Waals surface area contributed by atoms with E-state index in [9.17, 15) is 4.79 Å². The van der Waals surface area contributed by atoms with Gasteiger partial charge in [0, 0.05) is 24.1 Å². The minimum absolute atomic E-state index is 0.131. The Morgan fingerprint density at radius 1 is 1.05 bits per heavy atom. The van der Waals surface area contributed by atoms with Gasteiger partial charge in [0.2, 0.25) is 5.95 Å². The molecule has 2 N–H and O–H groups in total. The first-order chi connectivity index (χ1) is 19.3. The van der Waals surface area contributed by atoms with Crippen LogP contribution in [0.1, 0.15) is 88.8 Å². The number of benzene rings is 1. The van der Waals surface area contributed by atoms with Gasteiger partial charge in [0.15, 0.2) is 11.5 Å². The van der Waals surface area contributed by atoms with Gasteiger partial charge in [-0.05, 0) is 62.3 Å². The predicted molar refractivity (Wildman–Crippen MR) is 153 cm³/mol. The summed E-state index contributed by atoms with van der Waals surface area (Å²) >= 11 is 0. The smallest absolute Gasteiger partial charge is 0.320 e. The lowest BCUT2D eigenvalue weighted by molar-refractivity contribution is 0.171. The Bertz CT molecular complexity index is 1500. The maximum atomic E-state index is 12.9. The molecule has 1 aliphatic heterocycles. The number of ether oxygens (including phenoxy) is 1. The zero-order chi connectivity index (χ0) is 27.9. The maximum Gasteiger partial charge on any atom is 0.320 e. The van der Waals surface area contributed by atoms with E-state index in [0.29, 0.717) is 17.6 Å². The quantitative estimate of drug-likeness (QED) is 0.310. The molecule has 0 radical (unpaired) electrons. The molecule has 40 heavy (non-hydrogen) atoms. The van der Waals surface area contributed by atoms with Crippen molar-refractivity contribution in [2.45, 2.75) is 83.4 Å². The zero-order valence-electron chi connectivity index (χ0n) is 23.6. The third kappa shape index (κ3) is 5.22. The van der Waals surface area contributed by atoms with Crippen LogP contribution in [0.4, 0.5) is 16.6 Å². The number of nitrogens with zero attached hydrogens (tertiary/aromatic N) is 5. The number of hydrogen-bond acceptors (Lipinski definition) is 7. The summed E-state index contributed by atoms with van der Waals surface area (Å²) < 4.78 is 14.0. The average molecular weight is 544 g/mol. The summed E-state index contributed by atoms with van der Waals surface area (Å²) in [5, 5.41) is 18.8. The molecular weight excluding hydrogens is 506 g/mol. The Hall–Kier alpha value is -4.08. The van der Waals surface area contributed by atoms with Gasteiger partial charge >= 0.3 is 6.03 Å². The number of nitrogens with one attached hydrogen (secondary N) is 2. The fourth-order valence-electron chi connectivity index (χ4n) is 5.71. The molecule has 1 aliphatic carbocycles. The number of anilines is 2. The number of hydrogen-bond donors (Lipinski definition) is 2. The Morgan fingerprint density at radius 3 is 2.65 bits per heavy atom. The van der Waals surface area contributed by atoms with Crippen LogP contribution in [0.5, 0.6) is 5.75 Å².